The second kappa shape index (κ2) is 6.17. The summed E-state index contributed by atoms with van der Waals surface area (Å²) in [6, 6.07) is 4.64. The first kappa shape index (κ1) is 14.7. The summed E-state index contributed by atoms with van der Waals surface area (Å²) in [5.41, 5.74) is 5.03. The summed E-state index contributed by atoms with van der Waals surface area (Å²) < 4.78 is 31.8. The summed E-state index contributed by atoms with van der Waals surface area (Å²) in [6.07, 6.45) is 1.37. The van der Waals surface area contributed by atoms with Gasteiger partial charge in [-0.3, -0.25) is 4.79 Å². The Morgan fingerprint density at radius 3 is 2.71 bits per heavy atom. The van der Waals surface area contributed by atoms with E-state index in [0.717, 1.165) is 6.07 Å². The molecule has 0 fully saturated rings. The molecule has 110 valence electrons. The zero-order valence-electron chi connectivity index (χ0n) is 11.2. The Hall–Kier alpha value is -2.70. The van der Waals surface area contributed by atoms with Crippen LogP contribution >= 0.6 is 0 Å². The number of carbonyl (C=O) groups is 1. The number of nitrogens with zero attached hydrogens (tertiary/aromatic N) is 1. The summed E-state index contributed by atoms with van der Waals surface area (Å²) >= 11 is 0. The molecule has 0 bridgehead atoms. The Balaban J connectivity index is 2.16. The van der Waals surface area contributed by atoms with E-state index in [2.05, 4.69) is 10.3 Å². The molecule has 7 heteroatoms. The molecule has 1 amide bonds. The number of pyridine rings is 1. The van der Waals surface area contributed by atoms with Gasteiger partial charge in [-0.15, -0.1) is 0 Å². The molecule has 2 rings (SSSR count). The molecule has 0 saturated heterocycles. The lowest BCUT2D eigenvalue weighted by molar-refractivity contribution is 0.102. The van der Waals surface area contributed by atoms with Crippen molar-refractivity contribution in [1.82, 2.24) is 4.98 Å². The molecule has 0 saturated carbocycles. The molecular formula is C14H13F2N3O2. The van der Waals surface area contributed by atoms with Crippen LogP contribution < -0.4 is 15.8 Å². The van der Waals surface area contributed by atoms with Crippen molar-refractivity contribution >= 4 is 17.3 Å². The van der Waals surface area contributed by atoms with Crippen LogP contribution in [0.5, 0.6) is 5.88 Å². The SMILES string of the molecule is CCOc1ccc(NC(=O)c2cc(N)c(F)cc2F)cn1. The summed E-state index contributed by atoms with van der Waals surface area (Å²) in [6.45, 7) is 2.29. The molecule has 0 aliphatic rings. The van der Waals surface area contributed by atoms with Crippen LogP contribution in [-0.2, 0) is 0 Å². The third kappa shape index (κ3) is 3.44. The highest BCUT2D eigenvalue weighted by molar-refractivity contribution is 6.04. The van der Waals surface area contributed by atoms with Crippen LogP contribution in [0.2, 0.25) is 0 Å². The first-order chi connectivity index (χ1) is 10.0. The van der Waals surface area contributed by atoms with Crippen LogP contribution in [0.3, 0.4) is 0 Å². The minimum Gasteiger partial charge on any atom is -0.478 e. The van der Waals surface area contributed by atoms with Crippen LogP contribution in [0, 0.1) is 11.6 Å². The monoisotopic (exact) mass is 293 g/mol. The van der Waals surface area contributed by atoms with Gasteiger partial charge in [-0.05, 0) is 19.1 Å². The average Bonchev–Trinajstić information content (AvgIpc) is 2.45. The van der Waals surface area contributed by atoms with E-state index in [1.165, 1.54) is 6.20 Å². The van der Waals surface area contributed by atoms with Gasteiger partial charge in [-0.1, -0.05) is 0 Å². The van der Waals surface area contributed by atoms with Gasteiger partial charge in [-0.2, -0.15) is 0 Å². The number of carbonyl (C=O) groups excluding carboxylic acids is 1. The van der Waals surface area contributed by atoms with E-state index >= 15 is 0 Å². The molecule has 1 heterocycles. The highest BCUT2D eigenvalue weighted by atomic mass is 19.1. The summed E-state index contributed by atoms with van der Waals surface area (Å²) in [7, 11) is 0. The van der Waals surface area contributed by atoms with Crippen molar-refractivity contribution in [2.75, 3.05) is 17.7 Å². The Bertz CT molecular complexity index is 660. The molecule has 0 aliphatic heterocycles. The first-order valence-corrected chi connectivity index (χ1v) is 6.16. The van der Waals surface area contributed by atoms with E-state index in [9.17, 15) is 13.6 Å². The molecule has 0 aliphatic carbocycles. The highest BCUT2D eigenvalue weighted by Gasteiger charge is 2.15. The number of ether oxygens (including phenoxy) is 1. The molecule has 1 aromatic carbocycles. The van der Waals surface area contributed by atoms with Gasteiger partial charge in [-0.25, -0.2) is 13.8 Å². The maximum atomic E-state index is 13.6. The largest absolute Gasteiger partial charge is 0.478 e. The van der Waals surface area contributed by atoms with Gasteiger partial charge in [0.2, 0.25) is 5.88 Å². The van der Waals surface area contributed by atoms with Gasteiger partial charge in [0.05, 0.1) is 29.7 Å². The van der Waals surface area contributed by atoms with Crippen LogP contribution in [-0.4, -0.2) is 17.5 Å². The van der Waals surface area contributed by atoms with Gasteiger partial charge in [0.25, 0.3) is 5.91 Å². The molecule has 5 nitrogen and oxygen atoms in total. The number of nitrogen functional groups attached to an aromatic ring is 1. The zero-order chi connectivity index (χ0) is 15.4. The third-order valence-corrected chi connectivity index (χ3v) is 2.62. The van der Waals surface area contributed by atoms with Crippen molar-refractivity contribution in [2.24, 2.45) is 0 Å². The molecule has 1 aromatic heterocycles. The number of hydrogen-bond acceptors (Lipinski definition) is 4. The van der Waals surface area contributed by atoms with E-state index in [0.29, 0.717) is 24.2 Å². The molecule has 0 atom stereocenters. The van der Waals surface area contributed by atoms with Gasteiger partial charge >= 0.3 is 0 Å². The minimum absolute atomic E-state index is 0.300. The maximum Gasteiger partial charge on any atom is 0.258 e. The third-order valence-electron chi connectivity index (χ3n) is 2.62. The molecular weight excluding hydrogens is 280 g/mol. The molecule has 0 spiro atoms. The molecule has 0 unspecified atom stereocenters. The van der Waals surface area contributed by atoms with Crippen molar-refractivity contribution in [1.29, 1.82) is 0 Å². The van der Waals surface area contributed by atoms with Crippen LogP contribution in [0.1, 0.15) is 17.3 Å². The fourth-order valence-corrected chi connectivity index (χ4v) is 1.63. The van der Waals surface area contributed by atoms with Crippen molar-refractivity contribution in [3.05, 3.63) is 47.7 Å². The average molecular weight is 293 g/mol. The maximum absolute atomic E-state index is 13.6. The van der Waals surface area contributed by atoms with Gasteiger partial charge in [0, 0.05) is 12.1 Å². The lowest BCUT2D eigenvalue weighted by atomic mass is 10.1. The topological polar surface area (TPSA) is 77.2 Å². The Labute approximate surface area is 119 Å². The van der Waals surface area contributed by atoms with Gasteiger partial charge in [0.1, 0.15) is 11.6 Å². The van der Waals surface area contributed by atoms with Gasteiger partial charge < -0.3 is 15.8 Å². The van der Waals surface area contributed by atoms with Crippen LogP contribution in [0.25, 0.3) is 0 Å². The minimum atomic E-state index is -0.988. The quantitative estimate of drug-likeness (QED) is 0.849. The predicted molar refractivity (Wildman–Crippen MR) is 74.1 cm³/mol. The molecule has 3 N–H and O–H groups in total. The van der Waals surface area contributed by atoms with Crippen molar-refractivity contribution in [3.63, 3.8) is 0 Å². The van der Waals surface area contributed by atoms with Crippen molar-refractivity contribution < 1.29 is 18.3 Å². The fraction of sp³-hybridized carbons (Fsp3) is 0.143. The lowest BCUT2D eigenvalue weighted by Gasteiger charge is -2.08. The lowest BCUT2D eigenvalue weighted by Crippen LogP contribution is -2.15. The normalized spacial score (nSPS) is 10.2. The Morgan fingerprint density at radius 2 is 2.10 bits per heavy atom. The van der Waals surface area contributed by atoms with Gasteiger partial charge in [0.15, 0.2) is 0 Å². The number of nitrogens with one attached hydrogen (secondary N) is 1. The summed E-state index contributed by atoms with van der Waals surface area (Å²) in [5.74, 6) is -2.23. The highest BCUT2D eigenvalue weighted by Crippen LogP contribution is 2.18. The summed E-state index contributed by atoms with van der Waals surface area (Å²) in [4.78, 5) is 15.9. The van der Waals surface area contributed by atoms with E-state index in [1.54, 1.807) is 12.1 Å². The van der Waals surface area contributed by atoms with Crippen LogP contribution in [0.15, 0.2) is 30.5 Å². The van der Waals surface area contributed by atoms with Crippen molar-refractivity contribution in [2.45, 2.75) is 6.92 Å². The standard InChI is InChI=1S/C14H13F2N3O2/c1-2-21-13-4-3-8(7-18-13)19-14(20)9-5-12(17)11(16)6-10(9)15/h3-7H,2,17H2,1H3,(H,19,20). The second-order valence-electron chi connectivity index (χ2n) is 4.13. The molecule has 21 heavy (non-hydrogen) atoms. The number of nitrogens with two attached hydrogens (primary N) is 1. The number of amides is 1. The predicted octanol–water partition coefficient (Wildman–Crippen LogP) is 2.59. The molecule has 2 aromatic rings. The van der Waals surface area contributed by atoms with Crippen molar-refractivity contribution in [3.8, 4) is 5.88 Å². The number of rotatable bonds is 4. The van der Waals surface area contributed by atoms with E-state index in [-0.39, 0.29) is 11.3 Å². The first-order valence-electron chi connectivity index (χ1n) is 6.16. The Morgan fingerprint density at radius 1 is 1.33 bits per heavy atom. The number of halogens is 2. The number of hydrogen-bond donors (Lipinski definition) is 2. The number of anilines is 2. The fourth-order valence-electron chi connectivity index (χ4n) is 1.63. The second-order valence-corrected chi connectivity index (χ2v) is 4.13. The number of aromatic nitrogens is 1. The van der Waals surface area contributed by atoms with E-state index < -0.39 is 17.5 Å². The van der Waals surface area contributed by atoms with E-state index in [1.807, 2.05) is 6.92 Å². The zero-order valence-corrected chi connectivity index (χ0v) is 11.2. The summed E-state index contributed by atoms with van der Waals surface area (Å²) in [5, 5.41) is 2.44. The molecule has 0 radical (unpaired) electrons. The van der Waals surface area contributed by atoms with Crippen LogP contribution in [0.4, 0.5) is 20.2 Å². The smallest absolute Gasteiger partial charge is 0.258 e. The Kier molecular flexibility index (Phi) is 4.32. The number of benzene rings is 1. The van der Waals surface area contributed by atoms with E-state index in [4.69, 9.17) is 10.5 Å².